The Morgan fingerprint density at radius 2 is 2.38 bits per heavy atom. The molecule has 0 aromatic carbocycles. The van der Waals surface area contributed by atoms with E-state index < -0.39 is 0 Å². The molecule has 0 radical (unpaired) electrons. The van der Waals surface area contributed by atoms with E-state index in [0.29, 0.717) is 11.7 Å². The van der Waals surface area contributed by atoms with Crippen LogP contribution in [0.25, 0.3) is 0 Å². The lowest BCUT2D eigenvalue weighted by Gasteiger charge is -2.14. The van der Waals surface area contributed by atoms with Gasteiger partial charge in [-0.2, -0.15) is 0 Å². The molecule has 0 saturated carbocycles. The number of rotatable bonds is 5. The van der Waals surface area contributed by atoms with Gasteiger partial charge in [0.15, 0.2) is 0 Å². The van der Waals surface area contributed by atoms with E-state index in [1.165, 1.54) is 0 Å². The molecule has 2 N–H and O–H groups in total. The van der Waals surface area contributed by atoms with Crippen LogP contribution >= 0.6 is 11.6 Å². The van der Waals surface area contributed by atoms with Crippen molar-refractivity contribution in [1.29, 1.82) is 0 Å². The number of hydrogen-bond acceptors (Lipinski definition) is 3. The minimum absolute atomic E-state index is 0.0187. The summed E-state index contributed by atoms with van der Waals surface area (Å²) in [6.07, 6.45) is 2.53. The number of hydrogen-bond donors (Lipinski definition) is 2. The quantitative estimate of drug-likeness (QED) is 0.776. The molecule has 1 heterocycles. The van der Waals surface area contributed by atoms with Crippen molar-refractivity contribution in [2.24, 2.45) is 0 Å². The van der Waals surface area contributed by atoms with E-state index in [4.69, 9.17) is 11.6 Å². The lowest BCUT2D eigenvalue weighted by molar-refractivity contribution is -0.121. The van der Waals surface area contributed by atoms with Crippen LogP contribution in [0, 0.1) is 0 Å². The van der Waals surface area contributed by atoms with Crippen LogP contribution in [0.1, 0.15) is 20.3 Å². The van der Waals surface area contributed by atoms with Crippen molar-refractivity contribution in [2.75, 3.05) is 11.9 Å². The van der Waals surface area contributed by atoms with E-state index in [2.05, 4.69) is 15.6 Å². The Hall–Kier alpha value is -1.29. The summed E-state index contributed by atoms with van der Waals surface area (Å²) in [5.41, 5.74) is 0.791. The lowest BCUT2D eigenvalue weighted by Crippen LogP contribution is -2.37. The SMILES string of the molecule is CCCNC(=O)C(C)Nc1ccnc(Cl)c1. The van der Waals surface area contributed by atoms with Crippen LogP contribution in [-0.2, 0) is 4.79 Å². The second kappa shape index (κ2) is 6.33. The van der Waals surface area contributed by atoms with Gasteiger partial charge in [-0.25, -0.2) is 4.98 Å². The average Bonchev–Trinajstić information content (AvgIpc) is 2.25. The van der Waals surface area contributed by atoms with Crippen molar-refractivity contribution in [2.45, 2.75) is 26.3 Å². The largest absolute Gasteiger partial charge is 0.374 e. The summed E-state index contributed by atoms with van der Waals surface area (Å²) < 4.78 is 0. The van der Waals surface area contributed by atoms with E-state index in [-0.39, 0.29) is 11.9 Å². The number of carbonyl (C=O) groups excluding carboxylic acids is 1. The van der Waals surface area contributed by atoms with Crippen molar-refractivity contribution in [3.63, 3.8) is 0 Å². The number of carbonyl (C=O) groups is 1. The molecule has 1 unspecified atom stereocenters. The Bertz CT molecular complexity index is 357. The minimum atomic E-state index is -0.287. The first-order valence-electron chi connectivity index (χ1n) is 5.29. The predicted molar refractivity (Wildman–Crippen MR) is 65.6 cm³/mol. The molecule has 0 aliphatic carbocycles. The number of aromatic nitrogens is 1. The summed E-state index contributed by atoms with van der Waals surface area (Å²) in [6, 6.07) is 3.17. The first-order valence-corrected chi connectivity index (χ1v) is 5.67. The smallest absolute Gasteiger partial charge is 0.242 e. The van der Waals surface area contributed by atoms with Gasteiger partial charge in [-0.15, -0.1) is 0 Å². The number of halogens is 1. The Kier molecular flexibility index (Phi) is 5.05. The lowest BCUT2D eigenvalue weighted by atomic mass is 10.3. The van der Waals surface area contributed by atoms with Crippen molar-refractivity contribution in [1.82, 2.24) is 10.3 Å². The van der Waals surface area contributed by atoms with Crippen molar-refractivity contribution in [3.8, 4) is 0 Å². The van der Waals surface area contributed by atoms with E-state index in [1.54, 1.807) is 25.3 Å². The van der Waals surface area contributed by atoms with Gasteiger partial charge in [0.25, 0.3) is 0 Å². The monoisotopic (exact) mass is 241 g/mol. The summed E-state index contributed by atoms with van der Waals surface area (Å²) in [7, 11) is 0. The molecular formula is C11H16ClN3O. The highest BCUT2D eigenvalue weighted by molar-refractivity contribution is 6.29. The Morgan fingerprint density at radius 3 is 3.00 bits per heavy atom. The molecule has 0 aliphatic rings. The maximum Gasteiger partial charge on any atom is 0.242 e. The third-order valence-electron chi connectivity index (χ3n) is 2.05. The summed E-state index contributed by atoms with van der Waals surface area (Å²) in [5, 5.41) is 6.28. The maximum absolute atomic E-state index is 11.6. The van der Waals surface area contributed by atoms with Gasteiger partial charge in [0.05, 0.1) is 0 Å². The molecule has 16 heavy (non-hydrogen) atoms. The van der Waals surface area contributed by atoms with E-state index in [9.17, 15) is 4.79 Å². The number of pyridine rings is 1. The van der Waals surface area contributed by atoms with Gasteiger partial charge in [0.2, 0.25) is 5.91 Å². The normalized spacial score (nSPS) is 11.9. The fourth-order valence-corrected chi connectivity index (χ4v) is 1.38. The van der Waals surface area contributed by atoms with Gasteiger partial charge in [-0.3, -0.25) is 4.79 Å². The van der Waals surface area contributed by atoms with E-state index >= 15 is 0 Å². The molecule has 1 aromatic heterocycles. The summed E-state index contributed by atoms with van der Waals surface area (Å²) >= 11 is 5.74. The molecule has 4 nitrogen and oxygen atoms in total. The number of nitrogens with one attached hydrogen (secondary N) is 2. The molecule has 5 heteroatoms. The van der Waals surface area contributed by atoms with Crippen LogP contribution in [0.5, 0.6) is 0 Å². The zero-order valence-corrected chi connectivity index (χ0v) is 10.2. The van der Waals surface area contributed by atoms with Crippen LogP contribution in [0.3, 0.4) is 0 Å². The molecule has 1 amide bonds. The van der Waals surface area contributed by atoms with Crippen molar-refractivity contribution >= 4 is 23.2 Å². The fourth-order valence-electron chi connectivity index (χ4n) is 1.21. The average molecular weight is 242 g/mol. The van der Waals surface area contributed by atoms with Gasteiger partial charge < -0.3 is 10.6 Å². The third-order valence-corrected chi connectivity index (χ3v) is 2.26. The minimum Gasteiger partial charge on any atom is -0.374 e. The molecular weight excluding hydrogens is 226 g/mol. The van der Waals surface area contributed by atoms with Gasteiger partial charge in [-0.1, -0.05) is 18.5 Å². The predicted octanol–water partition coefficient (Wildman–Crippen LogP) is 2.06. The maximum atomic E-state index is 11.6. The molecule has 0 saturated heterocycles. The summed E-state index contributed by atoms with van der Waals surface area (Å²) in [4.78, 5) is 15.4. The fraction of sp³-hybridized carbons (Fsp3) is 0.455. The van der Waals surface area contributed by atoms with E-state index in [1.807, 2.05) is 6.92 Å². The van der Waals surface area contributed by atoms with Crippen LogP contribution < -0.4 is 10.6 Å². The highest BCUT2D eigenvalue weighted by atomic mass is 35.5. The van der Waals surface area contributed by atoms with Gasteiger partial charge >= 0.3 is 0 Å². The van der Waals surface area contributed by atoms with Crippen LogP contribution in [0.15, 0.2) is 18.3 Å². The van der Waals surface area contributed by atoms with Crippen LogP contribution in [0.2, 0.25) is 5.15 Å². The van der Waals surface area contributed by atoms with Crippen molar-refractivity contribution in [3.05, 3.63) is 23.5 Å². The zero-order valence-electron chi connectivity index (χ0n) is 9.46. The second-order valence-corrected chi connectivity index (χ2v) is 3.91. The number of amides is 1. The zero-order chi connectivity index (χ0) is 12.0. The topological polar surface area (TPSA) is 54.0 Å². The molecule has 1 aromatic rings. The number of nitrogens with zero attached hydrogens (tertiary/aromatic N) is 1. The van der Waals surface area contributed by atoms with Gasteiger partial charge in [-0.05, 0) is 25.5 Å². The molecule has 0 spiro atoms. The Balaban J connectivity index is 2.50. The first-order chi connectivity index (χ1) is 7.63. The highest BCUT2D eigenvalue weighted by Crippen LogP contribution is 2.12. The van der Waals surface area contributed by atoms with Crippen molar-refractivity contribution < 1.29 is 4.79 Å². The Labute approximate surface area is 100 Å². The molecule has 0 bridgehead atoms. The third kappa shape index (κ3) is 4.06. The van der Waals surface area contributed by atoms with Gasteiger partial charge in [0, 0.05) is 18.4 Å². The van der Waals surface area contributed by atoms with E-state index in [0.717, 1.165) is 12.1 Å². The first kappa shape index (κ1) is 12.8. The molecule has 0 aliphatic heterocycles. The number of anilines is 1. The molecule has 0 fully saturated rings. The summed E-state index contributed by atoms with van der Waals surface area (Å²) in [6.45, 7) is 4.52. The van der Waals surface area contributed by atoms with Gasteiger partial charge in [0.1, 0.15) is 11.2 Å². The molecule has 1 rings (SSSR count). The van der Waals surface area contributed by atoms with Crippen LogP contribution in [-0.4, -0.2) is 23.5 Å². The molecule has 88 valence electrons. The second-order valence-electron chi connectivity index (χ2n) is 3.52. The Morgan fingerprint density at radius 1 is 1.62 bits per heavy atom. The summed E-state index contributed by atoms with van der Waals surface area (Å²) in [5.74, 6) is -0.0187. The molecule has 1 atom stereocenters. The highest BCUT2D eigenvalue weighted by Gasteiger charge is 2.11. The standard InChI is InChI=1S/C11H16ClN3O/c1-3-5-14-11(16)8(2)15-9-4-6-13-10(12)7-9/h4,6-8H,3,5H2,1-2H3,(H,13,15)(H,14,16). The van der Waals surface area contributed by atoms with Crippen LogP contribution in [0.4, 0.5) is 5.69 Å².